The summed E-state index contributed by atoms with van der Waals surface area (Å²) in [5.41, 5.74) is 2.45. The van der Waals surface area contributed by atoms with Gasteiger partial charge < -0.3 is 14.8 Å². The maximum atomic E-state index is 12.3. The van der Waals surface area contributed by atoms with Gasteiger partial charge in [0.15, 0.2) is 6.10 Å². The van der Waals surface area contributed by atoms with Crippen LogP contribution in [0.15, 0.2) is 18.2 Å². The molecule has 1 amide bonds. The first-order valence-corrected chi connectivity index (χ1v) is 8.95. The van der Waals surface area contributed by atoms with Crippen molar-refractivity contribution < 1.29 is 24.0 Å². The zero-order chi connectivity index (χ0) is 21.7. The highest BCUT2D eigenvalue weighted by atomic mass is 16.6. The van der Waals surface area contributed by atoms with Crippen LogP contribution < -0.4 is 10.1 Å². The third-order valence-electron chi connectivity index (χ3n) is 4.57. The summed E-state index contributed by atoms with van der Waals surface area (Å²) in [6.45, 7) is 5.19. The number of aryl methyl sites for hydroxylation is 2. The first-order chi connectivity index (χ1) is 13.6. The number of rotatable bonds is 8. The number of esters is 1. The third kappa shape index (κ3) is 5.31. The minimum atomic E-state index is -1.11. The fourth-order valence-electron chi connectivity index (χ4n) is 2.85. The molecule has 1 heterocycles. The van der Waals surface area contributed by atoms with Gasteiger partial charge >= 0.3 is 5.97 Å². The summed E-state index contributed by atoms with van der Waals surface area (Å²) in [6.07, 6.45) is -0.573. The Morgan fingerprint density at radius 3 is 2.59 bits per heavy atom. The van der Waals surface area contributed by atoms with Crippen molar-refractivity contribution in [2.24, 2.45) is 7.05 Å². The fourth-order valence-corrected chi connectivity index (χ4v) is 2.85. The minimum Gasteiger partial charge on any atom is -0.496 e. The Labute approximate surface area is 167 Å². The fraction of sp³-hybridized carbons (Fsp3) is 0.421. The van der Waals surface area contributed by atoms with Crippen LogP contribution in [0.1, 0.15) is 30.3 Å². The number of nitro benzene ring substituents is 1. The Kier molecular flexibility index (Phi) is 6.92. The van der Waals surface area contributed by atoms with E-state index in [1.54, 1.807) is 4.68 Å². The van der Waals surface area contributed by atoms with Gasteiger partial charge in [0.2, 0.25) is 0 Å². The molecule has 0 saturated heterocycles. The standard InChI is InChI=1S/C19H24N4O6/c1-11-15(12(2)22(4)21-11)7-9-18(24)29-13(3)19(25)20-16-8-6-14(28-5)10-17(16)23(26)27/h6,8,10,13H,7,9H2,1-5H3,(H,20,25). The van der Waals surface area contributed by atoms with Gasteiger partial charge in [0.1, 0.15) is 11.4 Å². The van der Waals surface area contributed by atoms with Gasteiger partial charge in [-0.25, -0.2) is 0 Å². The molecular weight excluding hydrogens is 380 g/mol. The molecule has 1 unspecified atom stereocenters. The molecule has 1 aromatic carbocycles. The lowest BCUT2D eigenvalue weighted by Gasteiger charge is -2.14. The molecule has 29 heavy (non-hydrogen) atoms. The van der Waals surface area contributed by atoms with Crippen LogP contribution in [0.4, 0.5) is 11.4 Å². The Morgan fingerprint density at radius 1 is 1.34 bits per heavy atom. The molecular formula is C19H24N4O6. The summed E-state index contributed by atoms with van der Waals surface area (Å²) in [5, 5.41) is 17.9. The van der Waals surface area contributed by atoms with Crippen LogP contribution in [0.25, 0.3) is 0 Å². The van der Waals surface area contributed by atoms with Crippen molar-refractivity contribution in [1.29, 1.82) is 0 Å². The topological polar surface area (TPSA) is 126 Å². The van der Waals surface area contributed by atoms with Crippen molar-refractivity contribution >= 4 is 23.3 Å². The Bertz CT molecular complexity index is 937. The monoisotopic (exact) mass is 404 g/mol. The van der Waals surface area contributed by atoms with Crippen molar-refractivity contribution in [3.05, 3.63) is 45.3 Å². The quantitative estimate of drug-likeness (QED) is 0.407. The van der Waals surface area contributed by atoms with Crippen molar-refractivity contribution in [3.8, 4) is 5.75 Å². The van der Waals surface area contributed by atoms with E-state index in [0.717, 1.165) is 17.0 Å². The second kappa shape index (κ2) is 9.18. The van der Waals surface area contributed by atoms with Crippen molar-refractivity contribution in [3.63, 3.8) is 0 Å². The molecule has 1 N–H and O–H groups in total. The van der Waals surface area contributed by atoms with Crippen LogP contribution in [0.5, 0.6) is 5.75 Å². The minimum absolute atomic E-state index is 0.00897. The maximum absolute atomic E-state index is 12.3. The number of aromatic nitrogens is 2. The third-order valence-corrected chi connectivity index (χ3v) is 4.57. The van der Waals surface area contributed by atoms with Crippen molar-refractivity contribution in [1.82, 2.24) is 9.78 Å². The van der Waals surface area contributed by atoms with Crippen LogP contribution in [0, 0.1) is 24.0 Å². The number of carbonyl (C=O) groups excluding carboxylic acids is 2. The molecule has 156 valence electrons. The summed E-state index contributed by atoms with van der Waals surface area (Å²) >= 11 is 0. The van der Waals surface area contributed by atoms with Crippen LogP contribution in [-0.2, 0) is 27.8 Å². The molecule has 10 heteroatoms. The predicted molar refractivity (Wildman–Crippen MR) is 105 cm³/mol. The molecule has 2 rings (SSSR count). The first-order valence-electron chi connectivity index (χ1n) is 8.95. The largest absolute Gasteiger partial charge is 0.496 e. The van der Waals surface area contributed by atoms with Crippen LogP contribution in [0.2, 0.25) is 0 Å². The number of methoxy groups -OCH3 is 1. The van der Waals surface area contributed by atoms with Gasteiger partial charge in [-0.05, 0) is 44.9 Å². The summed E-state index contributed by atoms with van der Waals surface area (Å²) < 4.78 is 11.9. The molecule has 1 atom stereocenters. The van der Waals surface area contributed by atoms with E-state index in [0.29, 0.717) is 6.42 Å². The highest BCUT2D eigenvalue weighted by Crippen LogP contribution is 2.29. The van der Waals surface area contributed by atoms with E-state index in [1.165, 1.54) is 32.2 Å². The Hall–Kier alpha value is -3.43. The van der Waals surface area contributed by atoms with Gasteiger partial charge in [-0.3, -0.25) is 24.4 Å². The van der Waals surface area contributed by atoms with Crippen LogP contribution >= 0.6 is 0 Å². The SMILES string of the molecule is COc1ccc(NC(=O)C(C)OC(=O)CCc2c(C)nn(C)c2C)c([N+](=O)[O-])c1. The van der Waals surface area contributed by atoms with Gasteiger partial charge in [0, 0.05) is 19.2 Å². The summed E-state index contributed by atoms with van der Waals surface area (Å²) in [5.74, 6) is -0.921. The molecule has 0 radical (unpaired) electrons. The molecule has 2 aromatic rings. The van der Waals surface area contributed by atoms with Crippen molar-refractivity contribution in [2.45, 2.75) is 39.7 Å². The predicted octanol–water partition coefficient (Wildman–Crippen LogP) is 2.46. The molecule has 0 saturated carbocycles. The molecule has 0 aliphatic heterocycles. The lowest BCUT2D eigenvalue weighted by Crippen LogP contribution is -2.30. The number of benzene rings is 1. The number of hydrogen-bond donors (Lipinski definition) is 1. The van der Waals surface area contributed by atoms with Gasteiger partial charge in [-0.15, -0.1) is 0 Å². The van der Waals surface area contributed by atoms with E-state index in [9.17, 15) is 19.7 Å². The van der Waals surface area contributed by atoms with Gasteiger partial charge in [0.25, 0.3) is 11.6 Å². The van der Waals surface area contributed by atoms with E-state index in [2.05, 4.69) is 10.4 Å². The summed E-state index contributed by atoms with van der Waals surface area (Å²) in [6, 6.07) is 4.04. The molecule has 0 bridgehead atoms. The zero-order valence-electron chi connectivity index (χ0n) is 17.0. The molecule has 0 aliphatic rings. The van der Waals surface area contributed by atoms with E-state index >= 15 is 0 Å². The maximum Gasteiger partial charge on any atom is 0.306 e. The number of nitrogens with one attached hydrogen (secondary N) is 1. The number of nitrogens with zero attached hydrogens (tertiary/aromatic N) is 3. The van der Waals surface area contributed by atoms with E-state index in [1.807, 2.05) is 20.9 Å². The normalized spacial score (nSPS) is 11.6. The van der Waals surface area contributed by atoms with Crippen LogP contribution in [-0.4, -0.2) is 39.8 Å². The molecule has 0 fully saturated rings. The molecule has 10 nitrogen and oxygen atoms in total. The Morgan fingerprint density at radius 2 is 2.03 bits per heavy atom. The van der Waals surface area contributed by atoms with Gasteiger partial charge in [-0.2, -0.15) is 5.10 Å². The zero-order valence-corrected chi connectivity index (χ0v) is 17.0. The lowest BCUT2D eigenvalue weighted by molar-refractivity contribution is -0.384. The number of ether oxygens (including phenoxy) is 2. The number of amides is 1. The molecule has 0 spiro atoms. The average molecular weight is 404 g/mol. The highest BCUT2D eigenvalue weighted by molar-refractivity contribution is 5.97. The lowest BCUT2D eigenvalue weighted by atomic mass is 10.1. The molecule has 0 aliphatic carbocycles. The number of hydrogen-bond acceptors (Lipinski definition) is 7. The second-order valence-electron chi connectivity index (χ2n) is 6.53. The summed E-state index contributed by atoms with van der Waals surface area (Å²) in [4.78, 5) is 35.0. The molecule has 1 aromatic heterocycles. The summed E-state index contributed by atoms with van der Waals surface area (Å²) in [7, 11) is 3.21. The van der Waals surface area contributed by atoms with E-state index in [4.69, 9.17) is 9.47 Å². The van der Waals surface area contributed by atoms with E-state index in [-0.39, 0.29) is 23.5 Å². The number of anilines is 1. The Balaban J connectivity index is 1.96. The number of nitro groups is 1. The average Bonchev–Trinajstić information content (AvgIpc) is 2.91. The highest BCUT2D eigenvalue weighted by Gasteiger charge is 2.23. The second-order valence-corrected chi connectivity index (χ2v) is 6.53. The van der Waals surface area contributed by atoms with Crippen molar-refractivity contribution in [2.75, 3.05) is 12.4 Å². The van der Waals surface area contributed by atoms with Crippen LogP contribution in [0.3, 0.4) is 0 Å². The van der Waals surface area contributed by atoms with Gasteiger partial charge in [0.05, 0.1) is 23.8 Å². The smallest absolute Gasteiger partial charge is 0.306 e. The number of carbonyl (C=O) groups is 2. The first kappa shape index (κ1) is 21.9. The van der Waals surface area contributed by atoms with E-state index < -0.39 is 22.9 Å². The van der Waals surface area contributed by atoms with Gasteiger partial charge in [-0.1, -0.05) is 0 Å².